The standard InChI is InChI=1S/C14H17ClO3/c1-14(17)8-6-12(7-9-14)18-13(16)10-2-4-11(15)5-3-10/h2-5,12,17H,6-9H2,1H3. The van der Waals surface area contributed by atoms with Crippen molar-refractivity contribution in [1.82, 2.24) is 0 Å². The highest BCUT2D eigenvalue weighted by Gasteiger charge is 2.30. The van der Waals surface area contributed by atoms with Crippen molar-refractivity contribution in [3.8, 4) is 0 Å². The molecule has 0 heterocycles. The molecule has 0 bridgehead atoms. The van der Waals surface area contributed by atoms with E-state index in [4.69, 9.17) is 16.3 Å². The third-order valence-electron chi connectivity index (χ3n) is 3.36. The number of hydrogen-bond donors (Lipinski definition) is 1. The van der Waals surface area contributed by atoms with Gasteiger partial charge < -0.3 is 9.84 Å². The Bertz CT molecular complexity index is 415. The molecule has 0 saturated heterocycles. The summed E-state index contributed by atoms with van der Waals surface area (Å²) in [7, 11) is 0. The molecule has 0 unspecified atom stereocenters. The number of benzene rings is 1. The molecule has 1 fully saturated rings. The fraction of sp³-hybridized carbons (Fsp3) is 0.500. The molecule has 2 rings (SSSR count). The second-order valence-electron chi connectivity index (χ2n) is 5.11. The van der Waals surface area contributed by atoms with Crippen molar-refractivity contribution >= 4 is 17.6 Å². The molecule has 0 atom stereocenters. The number of esters is 1. The van der Waals surface area contributed by atoms with Crippen LogP contribution in [0.25, 0.3) is 0 Å². The molecular weight excluding hydrogens is 252 g/mol. The summed E-state index contributed by atoms with van der Waals surface area (Å²) < 4.78 is 5.42. The van der Waals surface area contributed by atoms with Crippen LogP contribution in [0.1, 0.15) is 43.0 Å². The molecule has 4 heteroatoms. The summed E-state index contributed by atoms with van der Waals surface area (Å²) in [6.07, 6.45) is 2.68. The zero-order chi connectivity index (χ0) is 13.2. The maximum absolute atomic E-state index is 11.9. The van der Waals surface area contributed by atoms with Crippen LogP contribution in [0.5, 0.6) is 0 Å². The van der Waals surface area contributed by atoms with Gasteiger partial charge in [0.25, 0.3) is 0 Å². The largest absolute Gasteiger partial charge is 0.459 e. The number of carbonyl (C=O) groups excluding carboxylic acids is 1. The van der Waals surface area contributed by atoms with E-state index in [-0.39, 0.29) is 12.1 Å². The van der Waals surface area contributed by atoms with Gasteiger partial charge in [-0.05, 0) is 56.9 Å². The van der Waals surface area contributed by atoms with Crippen LogP contribution >= 0.6 is 11.6 Å². The molecule has 1 N–H and O–H groups in total. The first kappa shape index (κ1) is 13.4. The summed E-state index contributed by atoms with van der Waals surface area (Å²) in [5, 5.41) is 10.4. The minimum absolute atomic E-state index is 0.0894. The molecule has 3 nitrogen and oxygen atoms in total. The number of hydrogen-bond acceptors (Lipinski definition) is 3. The minimum atomic E-state index is -0.608. The lowest BCUT2D eigenvalue weighted by Crippen LogP contribution is -2.34. The van der Waals surface area contributed by atoms with Crippen LogP contribution in [0.4, 0.5) is 0 Å². The SMILES string of the molecule is CC1(O)CCC(OC(=O)c2ccc(Cl)cc2)CC1. The van der Waals surface area contributed by atoms with E-state index in [0.29, 0.717) is 36.3 Å². The predicted octanol–water partition coefficient (Wildman–Crippen LogP) is 3.19. The van der Waals surface area contributed by atoms with Gasteiger partial charge in [-0.15, -0.1) is 0 Å². The molecule has 0 amide bonds. The van der Waals surface area contributed by atoms with Gasteiger partial charge in [0.15, 0.2) is 0 Å². The number of halogens is 1. The Morgan fingerprint density at radius 1 is 1.33 bits per heavy atom. The quantitative estimate of drug-likeness (QED) is 0.838. The summed E-state index contributed by atoms with van der Waals surface area (Å²) >= 11 is 5.76. The Kier molecular flexibility index (Phi) is 3.93. The third kappa shape index (κ3) is 3.47. The van der Waals surface area contributed by atoms with Gasteiger partial charge in [-0.3, -0.25) is 0 Å². The molecule has 98 valence electrons. The summed E-state index contributed by atoms with van der Waals surface area (Å²) in [6.45, 7) is 1.82. The van der Waals surface area contributed by atoms with Crippen molar-refractivity contribution < 1.29 is 14.6 Å². The molecule has 1 aliphatic rings. The average molecular weight is 269 g/mol. The van der Waals surface area contributed by atoms with Crippen LogP contribution in [0.15, 0.2) is 24.3 Å². The molecule has 0 aromatic heterocycles. The first-order valence-electron chi connectivity index (χ1n) is 6.15. The fourth-order valence-corrected chi connectivity index (χ4v) is 2.26. The highest BCUT2D eigenvalue weighted by molar-refractivity contribution is 6.30. The van der Waals surface area contributed by atoms with Gasteiger partial charge in [-0.2, -0.15) is 0 Å². The van der Waals surface area contributed by atoms with E-state index in [9.17, 15) is 9.90 Å². The van der Waals surface area contributed by atoms with E-state index in [1.54, 1.807) is 24.3 Å². The summed E-state index contributed by atoms with van der Waals surface area (Å²) in [5.41, 5.74) is -0.0971. The molecule has 0 spiro atoms. The highest BCUT2D eigenvalue weighted by Crippen LogP contribution is 2.29. The second kappa shape index (κ2) is 5.29. The van der Waals surface area contributed by atoms with Gasteiger partial charge in [-0.25, -0.2) is 4.79 Å². The minimum Gasteiger partial charge on any atom is -0.459 e. The van der Waals surface area contributed by atoms with Crippen LogP contribution in [0.2, 0.25) is 5.02 Å². The van der Waals surface area contributed by atoms with Crippen molar-refractivity contribution in [3.63, 3.8) is 0 Å². The lowest BCUT2D eigenvalue weighted by molar-refractivity contribution is -0.0321. The van der Waals surface area contributed by atoms with Crippen LogP contribution < -0.4 is 0 Å². The highest BCUT2D eigenvalue weighted by atomic mass is 35.5. The van der Waals surface area contributed by atoms with Crippen molar-refractivity contribution in [3.05, 3.63) is 34.9 Å². The zero-order valence-corrected chi connectivity index (χ0v) is 11.1. The number of ether oxygens (including phenoxy) is 1. The molecule has 18 heavy (non-hydrogen) atoms. The smallest absolute Gasteiger partial charge is 0.338 e. The first-order valence-corrected chi connectivity index (χ1v) is 6.53. The molecular formula is C14H17ClO3. The van der Waals surface area contributed by atoms with Gasteiger partial charge in [0.2, 0.25) is 0 Å². The lowest BCUT2D eigenvalue weighted by Gasteiger charge is -2.32. The number of carbonyl (C=O) groups is 1. The Morgan fingerprint density at radius 2 is 1.89 bits per heavy atom. The maximum Gasteiger partial charge on any atom is 0.338 e. The van der Waals surface area contributed by atoms with Crippen molar-refractivity contribution in [2.45, 2.75) is 44.3 Å². The molecule has 0 aliphatic heterocycles. The van der Waals surface area contributed by atoms with Crippen LogP contribution in [0, 0.1) is 0 Å². The Balaban J connectivity index is 1.90. The van der Waals surface area contributed by atoms with E-state index < -0.39 is 5.60 Å². The topological polar surface area (TPSA) is 46.5 Å². The van der Waals surface area contributed by atoms with Gasteiger partial charge in [-0.1, -0.05) is 11.6 Å². The van der Waals surface area contributed by atoms with E-state index in [2.05, 4.69) is 0 Å². The third-order valence-corrected chi connectivity index (χ3v) is 3.62. The second-order valence-corrected chi connectivity index (χ2v) is 5.54. The summed E-state index contributed by atoms with van der Waals surface area (Å²) in [5.74, 6) is -0.321. The van der Waals surface area contributed by atoms with Crippen molar-refractivity contribution in [2.75, 3.05) is 0 Å². The molecule has 1 saturated carbocycles. The predicted molar refractivity (Wildman–Crippen MR) is 69.7 cm³/mol. The Hall–Kier alpha value is -1.06. The summed E-state index contributed by atoms with van der Waals surface area (Å²) in [4.78, 5) is 11.9. The normalized spacial score (nSPS) is 27.8. The molecule has 1 aromatic carbocycles. The van der Waals surface area contributed by atoms with Gasteiger partial charge in [0, 0.05) is 5.02 Å². The van der Waals surface area contributed by atoms with E-state index >= 15 is 0 Å². The number of aliphatic hydroxyl groups is 1. The zero-order valence-electron chi connectivity index (χ0n) is 10.4. The van der Waals surface area contributed by atoms with E-state index in [1.165, 1.54) is 0 Å². The average Bonchev–Trinajstić information content (AvgIpc) is 2.33. The van der Waals surface area contributed by atoms with Crippen molar-refractivity contribution in [2.24, 2.45) is 0 Å². The fourth-order valence-electron chi connectivity index (χ4n) is 2.14. The van der Waals surface area contributed by atoms with Gasteiger partial charge >= 0.3 is 5.97 Å². The van der Waals surface area contributed by atoms with Crippen molar-refractivity contribution in [1.29, 1.82) is 0 Å². The molecule has 0 radical (unpaired) electrons. The number of rotatable bonds is 2. The van der Waals surface area contributed by atoms with E-state index in [0.717, 1.165) is 0 Å². The molecule has 1 aromatic rings. The van der Waals surface area contributed by atoms with Crippen LogP contribution in [-0.2, 0) is 4.74 Å². The van der Waals surface area contributed by atoms with Crippen LogP contribution in [-0.4, -0.2) is 22.8 Å². The van der Waals surface area contributed by atoms with Gasteiger partial charge in [0.05, 0.1) is 11.2 Å². The van der Waals surface area contributed by atoms with Crippen LogP contribution in [0.3, 0.4) is 0 Å². The Morgan fingerprint density at radius 3 is 2.44 bits per heavy atom. The van der Waals surface area contributed by atoms with E-state index in [1.807, 2.05) is 6.92 Å². The summed E-state index contributed by atoms with van der Waals surface area (Å²) in [6, 6.07) is 6.65. The monoisotopic (exact) mass is 268 g/mol. The lowest BCUT2D eigenvalue weighted by atomic mass is 9.85. The van der Waals surface area contributed by atoms with Gasteiger partial charge in [0.1, 0.15) is 6.10 Å². The first-order chi connectivity index (χ1) is 8.46. The Labute approximate surface area is 112 Å². The molecule has 1 aliphatic carbocycles. The maximum atomic E-state index is 11.9.